The van der Waals surface area contributed by atoms with Gasteiger partial charge in [-0.25, -0.2) is 13.2 Å². The van der Waals surface area contributed by atoms with Gasteiger partial charge < -0.3 is 5.11 Å². The zero-order valence-electron chi connectivity index (χ0n) is 7.14. The maximum absolute atomic E-state index is 10.9. The Bertz CT molecular complexity index is 464. The maximum atomic E-state index is 10.9. The molecule has 1 aromatic heterocycles. The average Bonchev–Trinajstić information content (AvgIpc) is 2.46. The van der Waals surface area contributed by atoms with E-state index >= 15 is 0 Å². The average molecular weight is 239 g/mol. The van der Waals surface area contributed by atoms with Gasteiger partial charge >= 0.3 is 5.97 Å². The second-order valence-corrected chi connectivity index (χ2v) is 4.98. The molecule has 1 rings (SSSR count). The van der Waals surface area contributed by atoms with Crippen LogP contribution in [0.2, 0.25) is 0 Å². The summed E-state index contributed by atoms with van der Waals surface area (Å²) in [5.41, 5.74) is -0.554. The molecule has 1 aromatic rings. The minimum absolute atomic E-state index is 0.368. The van der Waals surface area contributed by atoms with Gasteiger partial charge in [0.2, 0.25) is 0 Å². The van der Waals surface area contributed by atoms with E-state index in [9.17, 15) is 13.2 Å². The third kappa shape index (κ3) is 2.05. The molecule has 78 valence electrons. The zero-order chi connectivity index (χ0) is 10.9. The standard InChI is InChI=1S/C6H7ClN2O4S/c1-2-9-3-4(14(7,12)13)5(8-9)6(10)11/h3H,2H2,1H3,(H,10,11). The molecule has 0 aliphatic rings. The SMILES string of the molecule is CCn1cc(S(=O)(=O)Cl)c(C(=O)O)n1. The van der Waals surface area contributed by atoms with Gasteiger partial charge in [-0.2, -0.15) is 5.10 Å². The fourth-order valence-electron chi connectivity index (χ4n) is 0.892. The molecule has 0 spiro atoms. The first-order valence-corrected chi connectivity index (χ1v) is 5.92. The van der Waals surface area contributed by atoms with Crippen molar-refractivity contribution in [1.29, 1.82) is 0 Å². The van der Waals surface area contributed by atoms with Crippen molar-refractivity contribution in [2.45, 2.75) is 18.4 Å². The van der Waals surface area contributed by atoms with Crippen LogP contribution in [0.3, 0.4) is 0 Å². The molecular formula is C6H7ClN2O4S. The number of hydrogen-bond acceptors (Lipinski definition) is 4. The number of rotatable bonds is 3. The van der Waals surface area contributed by atoms with Crippen LogP contribution in [0.5, 0.6) is 0 Å². The zero-order valence-corrected chi connectivity index (χ0v) is 8.71. The van der Waals surface area contributed by atoms with Crippen LogP contribution < -0.4 is 0 Å². The third-order valence-electron chi connectivity index (χ3n) is 1.52. The van der Waals surface area contributed by atoms with E-state index in [2.05, 4.69) is 5.10 Å². The molecule has 1 N–H and O–H groups in total. The maximum Gasteiger partial charge on any atom is 0.357 e. The Morgan fingerprint density at radius 2 is 2.29 bits per heavy atom. The number of aryl methyl sites for hydroxylation is 1. The summed E-state index contributed by atoms with van der Waals surface area (Å²) in [7, 11) is 0.974. The fourth-order valence-corrected chi connectivity index (χ4v) is 1.84. The third-order valence-corrected chi connectivity index (χ3v) is 2.84. The van der Waals surface area contributed by atoms with Crippen molar-refractivity contribution < 1.29 is 18.3 Å². The summed E-state index contributed by atoms with van der Waals surface area (Å²) in [6, 6.07) is 0. The molecule has 0 saturated carbocycles. The molecular weight excluding hydrogens is 232 g/mol. The molecule has 0 unspecified atom stereocenters. The molecule has 0 aliphatic carbocycles. The van der Waals surface area contributed by atoms with E-state index in [1.807, 2.05) is 0 Å². The van der Waals surface area contributed by atoms with E-state index in [1.54, 1.807) is 6.92 Å². The van der Waals surface area contributed by atoms with Crippen LogP contribution in [0.25, 0.3) is 0 Å². The van der Waals surface area contributed by atoms with Gasteiger partial charge in [0.05, 0.1) is 0 Å². The summed E-state index contributed by atoms with van der Waals surface area (Å²) >= 11 is 0. The smallest absolute Gasteiger partial charge is 0.357 e. The molecule has 0 saturated heterocycles. The van der Waals surface area contributed by atoms with E-state index < -0.39 is 25.6 Å². The van der Waals surface area contributed by atoms with Crippen molar-refractivity contribution in [2.24, 2.45) is 0 Å². The summed E-state index contributed by atoms with van der Waals surface area (Å²) < 4.78 is 23.1. The van der Waals surface area contributed by atoms with Crippen LogP contribution >= 0.6 is 10.7 Å². The minimum Gasteiger partial charge on any atom is -0.476 e. The first-order chi connectivity index (χ1) is 6.36. The number of carboxylic acid groups (broad SMARTS) is 1. The van der Waals surface area contributed by atoms with Crippen LogP contribution in [0.4, 0.5) is 0 Å². The Morgan fingerprint density at radius 3 is 2.57 bits per heavy atom. The lowest BCUT2D eigenvalue weighted by Gasteiger charge is -1.90. The number of aromatic nitrogens is 2. The van der Waals surface area contributed by atoms with E-state index in [-0.39, 0.29) is 0 Å². The van der Waals surface area contributed by atoms with Gasteiger partial charge in [-0.15, -0.1) is 0 Å². The highest BCUT2D eigenvalue weighted by Crippen LogP contribution is 2.18. The highest BCUT2D eigenvalue weighted by molar-refractivity contribution is 8.13. The molecule has 0 amide bonds. The number of halogens is 1. The number of hydrogen-bond donors (Lipinski definition) is 1. The first-order valence-electron chi connectivity index (χ1n) is 3.61. The molecule has 6 nitrogen and oxygen atoms in total. The van der Waals surface area contributed by atoms with Gasteiger partial charge in [0.1, 0.15) is 4.90 Å². The predicted octanol–water partition coefficient (Wildman–Crippen LogP) is 0.529. The molecule has 0 atom stereocenters. The molecule has 0 radical (unpaired) electrons. The molecule has 0 bridgehead atoms. The lowest BCUT2D eigenvalue weighted by Crippen LogP contribution is -2.04. The van der Waals surface area contributed by atoms with Crippen LogP contribution in [0, 0.1) is 0 Å². The van der Waals surface area contributed by atoms with E-state index in [4.69, 9.17) is 15.8 Å². The highest BCUT2D eigenvalue weighted by Gasteiger charge is 2.24. The number of carboxylic acids is 1. The molecule has 0 aliphatic heterocycles. The van der Waals surface area contributed by atoms with E-state index in [0.29, 0.717) is 6.54 Å². The summed E-state index contributed by atoms with van der Waals surface area (Å²) in [6.45, 7) is 2.07. The Morgan fingerprint density at radius 1 is 1.71 bits per heavy atom. The molecule has 1 heterocycles. The predicted molar refractivity (Wildman–Crippen MR) is 47.9 cm³/mol. The molecule has 0 aromatic carbocycles. The van der Waals surface area contributed by atoms with E-state index in [0.717, 1.165) is 6.20 Å². The minimum atomic E-state index is -4.06. The summed E-state index contributed by atoms with van der Waals surface area (Å²) in [4.78, 5) is 10.1. The van der Waals surface area contributed by atoms with Crippen molar-refractivity contribution in [3.63, 3.8) is 0 Å². The number of aromatic carboxylic acids is 1. The highest BCUT2D eigenvalue weighted by atomic mass is 35.7. The van der Waals surface area contributed by atoms with Crippen LogP contribution in [-0.2, 0) is 15.6 Å². The summed E-state index contributed by atoms with van der Waals surface area (Å²) in [6.07, 6.45) is 1.09. The van der Waals surface area contributed by atoms with Crippen LogP contribution in [0.15, 0.2) is 11.1 Å². The van der Waals surface area contributed by atoms with Gasteiger partial charge in [-0.05, 0) is 6.92 Å². The second-order valence-electron chi connectivity index (χ2n) is 2.44. The Kier molecular flexibility index (Phi) is 2.81. The topological polar surface area (TPSA) is 89.3 Å². The van der Waals surface area contributed by atoms with E-state index in [1.165, 1.54) is 4.68 Å². The number of nitrogens with zero attached hydrogens (tertiary/aromatic N) is 2. The van der Waals surface area contributed by atoms with Crippen molar-refractivity contribution in [2.75, 3.05) is 0 Å². The normalized spacial score (nSPS) is 11.6. The van der Waals surface area contributed by atoms with Crippen molar-refractivity contribution in [3.05, 3.63) is 11.9 Å². The quantitative estimate of drug-likeness (QED) is 0.776. The van der Waals surface area contributed by atoms with Gasteiger partial charge in [-0.1, -0.05) is 0 Å². The monoisotopic (exact) mass is 238 g/mol. The van der Waals surface area contributed by atoms with Gasteiger partial charge in [0.25, 0.3) is 9.05 Å². The fraction of sp³-hybridized carbons (Fsp3) is 0.333. The first kappa shape index (κ1) is 11.0. The second kappa shape index (κ2) is 3.58. The Hall–Kier alpha value is -1.08. The summed E-state index contributed by atoms with van der Waals surface area (Å²) in [5.74, 6) is -1.42. The van der Waals surface area contributed by atoms with Gasteiger partial charge in [-0.3, -0.25) is 4.68 Å². The Balaban J connectivity index is 3.42. The van der Waals surface area contributed by atoms with Gasteiger partial charge in [0.15, 0.2) is 5.69 Å². The van der Waals surface area contributed by atoms with Crippen molar-refractivity contribution in [3.8, 4) is 0 Å². The largest absolute Gasteiger partial charge is 0.476 e. The molecule has 8 heteroatoms. The molecule has 0 fully saturated rings. The van der Waals surface area contributed by atoms with Crippen molar-refractivity contribution >= 4 is 25.7 Å². The van der Waals surface area contributed by atoms with Gasteiger partial charge in [0, 0.05) is 23.4 Å². The van der Waals surface area contributed by atoms with Crippen LogP contribution in [0.1, 0.15) is 17.4 Å². The summed E-state index contributed by atoms with van der Waals surface area (Å²) in [5, 5.41) is 12.2. The lowest BCUT2D eigenvalue weighted by molar-refractivity contribution is 0.0685. The lowest BCUT2D eigenvalue weighted by atomic mass is 10.4. The van der Waals surface area contributed by atoms with Crippen LogP contribution in [-0.4, -0.2) is 29.3 Å². The Labute approximate surface area is 84.5 Å². The number of carbonyl (C=O) groups is 1. The molecule has 14 heavy (non-hydrogen) atoms. The van der Waals surface area contributed by atoms with Crippen molar-refractivity contribution in [1.82, 2.24) is 9.78 Å².